The van der Waals surface area contributed by atoms with Crippen molar-refractivity contribution in [2.24, 2.45) is 0 Å². The molecule has 2 N–H and O–H groups in total. The van der Waals surface area contributed by atoms with E-state index in [1.165, 1.54) is 19.2 Å². The van der Waals surface area contributed by atoms with Gasteiger partial charge in [0.05, 0.1) is 10.7 Å². The number of para-hydroxylation sites is 1. The first-order chi connectivity index (χ1) is 10.5. The molecule has 1 amide bonds. The second-order valence-electron chi connectivity index (χ2n) is 4.46. The number of nitrogens with one attached hydrogen (secondary N) is 2. The van der Waals surface area contributed by atoms with Crippen LogP contribution in [0.15, 0.2) is 36.5 Å². The summed E-state index contributed by atoms with van der Waals surface area (Å²) in [5.41, 5.74) is 0.916. The molecule has 0 aliphatic rings. The van der Waals surface area contributed by atoms with Gasteiger partial charge in [0, 0.05) is 11.8 Å². The van der Waals surface area contributed by atoms with Crippen molar-refractivity contribution in [3.8, 4) is 0 Å². The molecular formula is C15H13ClN2O4. The number of anilines is 1. The number of H-pyrrole nitrogens is 1. The number of carbonyl (C=O) groups excluding carboxylic acids is 3. The number of esters is 1. The van der Waals surface area contributed by atoms with E-state index in [1.807, 2.05) is 0 Å². The van der Waals surface area contributed by atoms with E-state index in [-0.39, 0.29) is 11.5 Å². The topological polar surface area (TPSA) is 88.3 Å². The summed E-state index contributed by atoms with van der Waals surface area (Å²) in [7, 11) is 0. The highest BCUT2D eigenvalue weighted by Crippen LogP contribution is 2.15. The molecular weight excluding hydrogens is 308 g/mol. The first kappa shape index (κ1) is 15.8. The fourth-order valence-electron chi connectivity index (χ4n) is 1.78. The lowest BCUT2D eigenvalue weighted by molar-refractivity contribution is -0.119. The summed E-state index contributed by atoms with van der Waals surface area (Å²) in [6.45, 7) is 0.932. The molecule has 0 atom stereocenters. The number of aromatic nitrogens is 1. The molecule has 0 bridgehead atoms. The van der Waals surface area contributed by atoms with Crippen LogP contribution in [0.25, 0.3) is 0 Å². The first-order valence-electron chi connectivity index (χ1n) is 6.38. The number of hydrogen-bond donors (Lipinski definition) is 2. The van der Waals surface area contributed by atoms with Crippen LogP contribution < -0.4 is 5.32 Å². The molecule has 0 aliphatic carbocycles. The molecule has 0 spiro atoms. The van der Waals surface area contributed by atoms with Crippen LogP contribution in [-0.2, 0) is 9.53 Å². The van der Waals surface area contributed by atoms with Crippen LogP contribution in [0.4, 0.5) is 5.69 Å². The highest BCUT2D eigenvalue weighted by Gasteiger charge is 2.14. The largest absolute Gasteiger partial charge is 0.451 e. The number of hydrogen-bond acceptors (Lipinski definition) is 4. The molecule has 1 heterocycles. The Morgan fingerprint density at radius 1 is 1.27 bits per heavy atom. The third-order valence-electron chi connectivity index (χ3n) is 2.78. The van der Waals surface area contributed by atoms with E-state index in [1.54, 1.807) is 24.3 Å². The number of ether oxygens (including phenoxy) is 1. The number of halogens is 1. The van der Waals surface area contributed by atoms with Crippen molar-refractivity contribution >= 4 is 34.9 Å². The molecule has 0 radical (unpaired) electrons. The van der Waals surface area contributed by atoms with Gasteiger partial charge < -0.3 is 15.0 Å². The maximum absolute atomic E-state index is 11.8. The number of amides is 1. The lowest BCUT2D eigenvalue weighted by Crippen LogP contribution is -2.22. The molecule has 1 aromatic heterocycles. The minimum atomic E-state index is -0.693. The van der Waals surface area contributed by atoms with Crippen LogP contribution in [0, 0.1) is 0 Å². The predicted octanol–water partition coefficient (Wildman–Crippen LogP) is 2.67. The number of carbonyl (C=O) groups is 3. The van der Waals surface area contributed by atoms with Crippen LogP contribution in [-0.4, -0.2) is 29.3 Å². The summed E-state index contributed by atoms with van der Waals surface area (Å²) >= 11 is 5.67. The maximum atomic E-state index is 11.8. The smallest absolute Gasteiger partial charge is 0.355 e. The normalized spacial score (nSPS) is 10.1. The van der Waals surface area contributed by atoms with E-state index in [0.29, 0.717) is 16.3 Å². The molecule has 114 valence electrons. The highest BCUT2D eigenvalue weighted by molar-refractivity contribution is 6.30. The lowest BCUT2D eigenvalue weighted by Gasteiger charge is -2.09. The van der Waals surface area contributed by atoms with E-state index >= 15 is 0 Å². The average Bonchev–Trinajstić information content (AvgIpc) is 2.92. The molecule has 1 aromatic carbocycles. The van der Waals surface area contributed by atoms with E-state index < -0.39 is 18.5 Å². The van der Waals surface area contributed by atoms with E-state index in [9.17, 15) is 14.4 Å². The van der Waals surface area contributed by atoms with Crippen molar-refractivity contribution in [3.63, 3.8) is 0 Å². The number of benzene rings is 1. The number of Topliss-reactive ketones (excluding diaryl/α,β-unsaturated/α-hetero) is 1. The monoisotopic (exact) mass is 320 g/mol. The number of aromatic amines is 1. The Morgan fingerprint density at radius 3 is 2.64 bits per heavy atom. The van der Waals surface area contributed by atoms with Crippen molar-refractivity contribution in [3.05, 3.63) is 52.8 Å². The molecule has 0 saturated carbocycles. The summed E-state index contributed by atoms with van der Waals surface area (Å²) < 4.78 is 4.85. The predicted molar refractivity (Wildman–Crippen MR) is 81.2 cm³/mol. The molecule has 2 rings (SSSR count). The Balaban J connectivity index is 1.94. The van der Waals surface area contributed by atoms with Gasteiger partial charge in [-0.15, -0.1) is 0 Å². The molecule has 6 nitrogen and oxygen atoms in total. The Bertz CT molecular complexity index is 724. The second-order valence-corrected chi connectivity index (χ2v) is 4.89. The standard InChI is InChI=1S/C15H13ClN2O4/c1-9(19)11-4-2-3-5-12(11)18-14(20)8-22-15(21)13-6-10(16)7-17-13/h2-7,17H,8H2,1H3,(H,18,20). The summed E-state index contributed by atoms with van der Waals surface area (Å²) in [5, 5.41) is 2.90. The molecule has 0 fully saturated rings. The van der Waals surface area contributed by atoms with Gasteiger partial charge in [-0.25, -0.2) is 4.79 Å². The summed E-state index contributed by atoms with van der Waals surface area (Å²) in [6, 6.07) is 7.98. The average molecular weight is 321 g/mol. The number of rotatable bonds is 5. The van der Waals surface area contributed by atoms with Gasteiger partial charge in [0.15, 0.2) is 12.4 Å². The van der Waals surface area contributed by atoms with Gasteiger partial charge in [-0.1, -0.05) is 23.7 Å². The molecule has 2 aromatic rings. The van der Waals surface area contributed by atoms with Crippen LogP contribution in [0.3, 0.4) is 0 Å². The number of ketones is 1. The van der Waals surface area contributed by atoms with Gasteiger partial charge in [-0.2, -0.15) is 0 Å². The Labute approximate surface area is 131 Å². The molecule has 0 saturated heterocycles. The Morgan fingerprint density at radius 2 is 2.00 bits per heavy atom. The molecule has 0 unspecified atom stereocenters. The fraction of sp³-hybridized carbons (Fsp3) is 0.133. The van der Waals surface area contributed by atoms with Crippen molar-refractivity contribution in [2.45, 2.75) is 6.92 Å². The van der Waals surface area contributed by atoms with Crippen LogP contribution >= 0.6 is 11.6 Å². The van der Waals surface area contributed by atoms with Gasteiger partial charge >= 0.3 is 5.97 Å². The van der Waals surface area contributed by atoms with E-state index in [0.717, 1.165) is 0 Å². The highest BCUT2D eigenvalue weighted by atomic mass is 35.5. The van der Waals surface area contributed by atoms with Gasteiger partial charge in [0.2, 0.25) is 0 Å². The van der Waals surface area contributed by atoms with Gasteiger partial charge in [0.25, 0.3) is 5.91 Å². The van der Waals surface area contributed by atoms with Crippen molar-refractivity contribution < 1.29 is 19.1 Å². The minimum absolute atomic E-state index is 0.155. The van der Waals surface area contributed by atoms with E-state index in [2.05, 4.69) is 10.3 Å². The lowest BCUT2D eigenvalue weighted by atomic mass is 10.1. The quantitative estimate of drug-likeness (QED) is 0.655. The van der Waals surface area contributed by atoms with Crippen LogP contribution in [0.5, 0.6) is 0 Å². The molecule has 22 heavy (non-hydrogen) atoms. The Kier molecular flexibility index (Phi) is 4.95. The van der Waals surface area contributed by atoms with Crippen molar-refractivity contribution in [2.75, 3.05) is 11.9 Å². The van der Waals surface area contributed by atoms with Gasteiger partial charge in [0.1, 0.15) is 5.69 Å². The second kappa shape index (κ2) is 6.91. The fourth-order valence-corrected chi connectivity index (χ4v) is 1.94. The first-order valence-corrected chi connectivity index (χ1v) is 6.76. The third-order valence-corrected chi connectivity index (χ3v) is 3.00. The van der Waals surface area contributed by atoms with Crippen molar-refractivity contribution in [1.29, 1.82) is 0 Å². The zero-order valence-corrected chi connectivity index (χ0v) is 12.4. The third kappa shape index (κ3) is 3.95. The SMILES string of the molecule is CC(=O)c1ccccc1NC(=O)COC(=O)c1cc(Cl)c[nH]1. The minimum Gasteiger partial charge on any atom is -0.451 e. The molecule has 0 aliphatic heterocycles. The van der Waals surface area contributed by atoms with E-state index in [4.69, 9.17) is 16.3 Å². The van der Waals surface area contributed by atoms with Crippen LogP contribution in [0.2, 0.25) is 5.02 Å². The summed E-state index contributed by atoms with van der Waals surface area (Å²) in [5.74, 6) is -1.41. The Hall–Kier alpha value is -2.60. The summed E-state index contributed by atoms with van der Waals surface area (Å²) in [6.07, 6.45) is 1.43. The maximum Gasteiger partial charge on any atom is 0.355 e. The zero-order valence-electron chi connectivity index (χ0n) is 11.7. The zero-order chi connectivity index (χ0) is 16.1. The molecule has 7 heteroatoms. The van der Waals surface area contributed by atoms with Gasteiger partial charge in [-0.05, 0) is 25.1 Å². The summed E-state index contributed by atoms with van der Waals surface area (Å²) in [4.78, 5) is 37.5. The van der Waals surface area contributed by atoms with Crippen LogP contribution in [0.1, 0.15) is 27.8 Å². The van der Waals surface area contributed by atoms with Gasteiger partial charge in [-0.3, -0.25) is 9.59 Å². The van der Waals surface area contributed by atoms with Crippen molar-refractivity contribution in [1.82, 2.24) is 4.98 Å².